The third-order valence-corrected chi connectivity index (χ3v) is 3.42. The van der Waals surface area contributed by atoms with Crippen LogP contribution in [0.4, 0.5) is 0 Å². The third kappa shape index (κ3) is 3.36. The van der Waals surface area contributed by atoms with Gasteiger partial charge < -0.3 is 20.6 Å². The number of rotatable bonds is 5. The van der Waals surface area contributed by atoms with Gasteiger partial charge in [0.2, 0.25) is 0 Å². The first kappa shape index (κ1) is 16.2. The number of hydrogen-bond acceptors (Lipinski definition) is 6. The molecule has 0 saturated heterocycles. The van der Waals surface area contributed by atoms with Gasteiger partial charge in [0, 0.05) is 5.56 Å². The van der Waals surface area contributed by atoms with Crippen LogP contribution in [0.1, 0.15) is 5.56 Å². The maximum Gasteiger partial charge on any atom is 0.161 e. The SMILES string of the molecule is COc1ccc(-c2cccc(/C(N)=C(\C#N)NN)c2)cc1OC. The molecule has 0 fully saturated rings. The van der Waals surface area contributed by atoms with Gasteiger partial charge in [-0.25, -0.2) is 5.84 Å². The molecule has 6 nitrogen and oxygen atoms in total. The Morgan fingerprint density at radius 1 is 1.04 bits per heavy atom. The molecule has 0 aromatic heterocycles. The van der Waals surface area contributed by atoms with E-state index in [1.807, 2.05) is 48.5 Å². The molecule has 0 atom stereocenters. The monoisotopic (exact) mass is 310 g/mol. The summed E-state index contributed by atoms with van der Waals surface area (Å²) in [7, 11) is 3.18. The van der Waals surface area contributed by atoms with Crippen molar-refractivity contribution in [2.45, 2.75) is 0 Å². The molecule has 0 heterocycles. The van der Waals surface area contributed by atoms with Gasteiger partial charge in [0.15, 0.2) is 17.2 Å². The minimum Gasteiger partial charge on any atom is -0.493 e. The van der Waals surface area contributed by atoms with E-state index in [1.54, 1.807) is 14.2 Å². The fourth-order valence-electron chi connectivity index (χ4n) is 2.20. The molecule has 0 amide bonds. The van der Waals surface area contributed by atoms with Gasteiger partial charge in [0.1, 0.15) is 6.07 Å². The van der Waals surface area contributed by atoms with Crippen molar-refractivity contribution in [1.82, 2.24) is 5.43 Å². The summed E-state index contributed by atoms with van der Waals surface area (Å²) in [6.45, 7) is 0. The van der Waals surface area contributed by atoms with Gasteiger partial charge in [-0.2, -0.15) is 5.26 Å². The van der Waals surface area contributed by atoms with Crippen LogP contribution in [0.2, 0.25) is 0 Å². The maximum atomic E-state index is 9.01. The highest BCUT2D eigenvalue weighted by Gasteiger charge is 2.09. The van der Waals surface area contributed by atoms with E-state index >= 15 is 0 Å². The lowest BCUT2D eigenvalue weighted by molar-refractivity contribution is 0.355. The molecule has 0 spiro atoms. The molecular formula is C17H18N4O2. The van der Waals surface area contributed by atoms with Crippen molar-refractivity contribution in [3.63, 3.8) is 0 Å². The second kappa shape index (κ2) is 7.20. The largest absolute Gasteiger partial charge is 0.493 e. The molecule has 2 aromatic carbocycles. The zero-order valence-electron chi connectivity index (χ0n) is 13.0. The summed E-state index contributed by atoms with van der Waals surface area (Å²) in [5.41, 5.74) is 11.3. The lowest BCUT2D eigenvalue weighted by Crippen LogP contribution is -2.23. The quantitative estimate of drug-likeness (QED) is 0.443. The van der Waals surface area contributed by atoms with Crippen LogP contribution < -0.4 is 26.5 Å². The zero-order chi connectivity index (χ0) is 16.8. The minimum absolute atomic E-state index is 0.120. The normalized spacial score (nSPS) is 11.2. The van der Waals surface area contributed by atoms with Gasteiger partial charge in [0.05, 0.1) is 19.9 Å². The Balaban J connectivity index is 2.49. The van der Waals surface area contributed by atoms with Gasteiger partial charge in [-0.15, -0.1) is 0 Å². The number of hydrazine groups is 1. The molecule has 0 unspecified atom stereocenters. The van der Waals surface area contributed by atoms with Gasteiger partial charge in [-0.05, 0) is 29.3 Å². The van der Waals surface area contributed by atoms with Crippen molar-refractivity contribution in [3.05, 3.63) is 53.7 Å². The minimum atomic E-state index is 0.120. The Bertz CT molecular complexity index is 778. The van der Waals surface area contributed by atoms with Gasteiger partial charge in [0.25, 0.3) is 0 Å². The van der Waals surface area contributed by atoms with Gasteiger partial charge in [-0.1, -0.05) is 24.3 Å². The zero-order valence-corrected chi connectivity index (χ0v) is 13.0. The number of hydrogen-bond donors (Lipinski definition) is 3. The standard InChI is InChI=1S/C17H18N4O2/c1-22-15-7-6-12(9-16(15)23-2)11-4-3-5-13(8-11)17(19)14(10-18)21-20/h3-9,21H,19-20H2,1-2H3/b17-14-. The lowest BCUT2D eigenvalue weighted by atomic mass is 10.0. The summed E-state index contributed by atoms with van der Waals surface area (Å²) in [6, 6.07) is 15.1. The second-order valence-electron chi connectivity index (χ2n) is 4.70. The molecule has 0 aliphatic carbocycles. The van der Waals surface area contributed by atoms with Crippen LogP contribution in [0.25, 0.3) is 16.8 Å². The molecule has 0 radical (unpaired) electrons. The van der Waals surface area contributed by atoms with Gasteiger partial charge >= 0.3 is 0 Å². The molecule has 0 bridgehead atoms. The molecule has 2 rings (SSSR count). The summed E-state index contributed by atoms with van der Waals surface area (Å²) < 4.78 is 10.6. The lowest BCUT2D eigenvalue weighted by Gasteiger charge is -2.11. The summed E-state index contributed by atoms with van der Waals surface area (Å²) in [5.74, 6) is 6.60. The smallest absolute Gasteiger partial charge is 0.161 e. The molecule has 0 saturated carbocycles. The molecule has 0 aliphatic rings. The fourth-order valence-corrected chi connectivity index (χ4v) is 2.20. The molecule has 6 heteroatoms. The van der Waals surface area contributed by atoms with Crippen LogP contribution in [0, 0.1) is 11.3 Å². The molecule has 118 valence electrons. The van der Waals surface area contributed by atoms with E-state index in [0.29, 0.717) is 17.1 Å². The Hall–Kier alpha value is -3.17. The number of nitrogens with zero attached hydrogens (tertiary/aromatic N) is 1. The number of allylic oxidation sites excluding steroid dienone is 1. The Labute approximate surface area is 134 Å². The highest BCUT2D eigenvalue weighted by molar-refractivity contribution is 5.75. The van der Waals surface area contributed by atoms with E-state index in [-0.39, 0.29) is 11.4 Å². The number of methoxy groups -OCH3 is 2. The Morgan fingerprint density at radius 2 is 1.74 bits per heavy atom. The van der Waals surface area contributed by atoms with Crippen LogP contribution in [0.5, 0.6) is 11.5 Å². The first-order valence-corrected chi connectivity index (χ1v) is 6.84. The predicted octanol–water partition coefficient (Wildman–Crippen LogP) is 1.98. The van der Waals surface area contributed by atoms with E-state index in [2.05, 4.69) is 5.43 Å². The van der Waals surface area contributed by atoms with Gasteiger partial charge in [-0.3, -0.25) is 0 Å². The van der Waals surface area contributed by atoms with Crippen LogP contribution >= 0.6 is 0 Å². The second-order valence-corrected chi connectivity index (χ2v) is 4.70. The summed E-state index contributed by atoms with van der Waals surface area (Å²) in [6.07, 6.45) is 0. The maximum absolute atomic E-state index is 9.01. The first-order valence-electron chi connectivity index (χ1n) is 6.84. The molecule has 5 N–H and O–H groups in total. The highest BCUT2D eigenvalue weighted by Crippen LogP contribution is 2.32. The average Bonchev–Trinajstić information content (AvgIpc) is 2.62. The van der Waals surface area contributed by atoms with E-state index in [1.165, 1.54) is 0 Å². The third-order valence-electron chi connectivity index (χ3n) is 3.42. The fraction of sp³-hybridized carbons (Fsp3) is 0.118. The van der Waals surface area contributed by atoms with Crippen molar-refractivity contribution >= 4 is 5.70 Å². The molecule has 0 aliphatic heterocycles. The predicted molar refractivity (Wildman–Crippen MR) is 89.0 cm³/mol. The highest BCUT2D eigenvalue weighted by atomic mass is 16.5. The molecular weight excluding hydrogens is 292 g/mol. The number of ether oxygens (including phenoxy) is 2. The number of nitrogens with one attached hydrogen (secondary N) is 1. The van der Waals surface area contributed by atoms with E-state index in [9.17, 15) is 0 Å². The number of nitrogens with two attached hydrogens (primary N) is 2. The molecule has 23 heavy (non-hydrogen) atoms. The van der Waals surface area contributed by atoms with Crippen molar-refractivity contribution in [2.24, 2.45) is 11.6 Å². The van der Waals surface area contributed by atoms with Crippen molar-refractivity contribution < 1.29 is 9.47 Å². The number of nitriles is 1. The number of benzene rings is 2. The van der Waals surface area contributed by atoms with Crippen LogP contribution in [0.3, 0.4) is 0 Å². The van der Waals surface area contributed by atoms with Crippen molar-refractivity contribution in [1.29, 1.82) is 5.26 Å². The average molecular weight is 310 g/mol. The summed E-state index contributed by atoms with van der Waals surface area (Å²) in [4.78, 5) is 0. The van der Waals surface area contributed by atoms with E-state index in [0.717, 1.165) is 11.1 Å². The topological polar surface area (TPSA) is 106 Å². The Kier molecular flexibility index (Phi) is 5.07. The summed E-state index contributed by atoms with van der Waals surface area (Å²) >= 11 is 0. The van der Waals surface area contributed by atoms with Crippen LogP contribution in [0.15, 0.2) is 48.2 Å². The van der Waals surface area contributed by atoms with Crippen LogP contribution in [-0.4, -0.2) is 14.2 Å². The van der Waals surface area contributed by atoms with Crippen molar-refractivity contribution in [3.8, 4) is 28.7 Å². The Morgan fingerprint density at radius 3 is 2.35 bits per heavy atom. The molecule has 2 aromatic rings. The first-order chi connectivity index (χ1) is 11.1. The van der Waals surface area contributed by atoms with E-state index < -0.39 is 0 Å². The summed E-state index contributed by atoms with van der Waals surface area (Å²) in [5, 5.41) is 9.01. The van der Waals surface area contributed by atoms with Crippen LogP contribution in [-0.2, 0) is 0 Å². The van der Waals surface area contributed by atoms with Crippen molar-refractivity contribution in [2.75, 3.05) is 14.2 Å². The van der Waals surface area contributed by atoms with E-state index in [4.69, 9.17) is 26.3 Å².